The number of fused-ring (bicyclic) bond motifs is 2. The molecule has 0 amide bonds. The van der Waals surface area contributed by atoms with Crippen LogP contribution >= 0.6 is 12.6 Å². The Bertz CT molecular complexity index is 795. The van der Waals surface area contributed by atoms with Crippen molar-refractivity contribution in [3.8, 4) is 0 Å². The Morgan fingerprint density at radius 1 is 0.905 bits per heavy atom. The normalized spacial score (nSPS) is 14.3. The quantitative estimate of drug-likeness (QED) is 0.713. The average Bonchev–Trinajstić information content (AvgIpc) is 2.51. The van der Waals surface area contributed by atoms with Gasteiger partial charge in [-0.3, -0.25) is 14.4 Å². The van der Waals surface area contributed by atoms with Gasteiger partial charge in [0.25, 0.3) is 0 Å². The van der Waals surface area contributed by atoms with E-state index in [4.69, 9.17) is 5.11 Å². The highest BCUT2D eigenvalue weighted by Gasteiger charge is 2.33. The molecule has 1 N–H and O–H groups in total. The maximum atomic E-state index is 12.6. The summed E-state index contributed by atoms with van der Waals surface area (Å²) in [6.45, 7) is 0. The van der Waals surface area contributed by atoms with Gasteiger partial charge in [0, 0.05) is 22.3 Å². The van der Waals surface area contributed by atoms with Crippen LogP contribution in [0.3, 0.4) is 0 Å². The highest BCUT2D eigenvalue weighted by atomic mass is 32.1. The van der Waals surface area contributed by atoms with Crippen molar-refractivity contribution in [2.75, 3.05) is 0 Å². The zero-order valence-corrected chi connectivity index (χ0v) is 11.6. The highest BCUT2D eigenvalue weighted by Crippen LogP contribution is 2.33. The van der Waals surface area contributed by atoms with Gasteiger partial charge in [-0.25, -0.2) is 0 Å². The summed E-state index contributed by atoms with van der Waals surface area (Å²) in [4.78, 5) is 36.2. The zero-order chi connectivity index (χ0) is 15.1. The molecule has 21 heavy (non-hydrogen) atoms. The molecule has 0 spiro atoms. The molecule has 3 rings (SSSR count). The number of ketones is 2. The van der Waals surface area contributed by atoms with E-state index in [-0.39, 0.29) is 28.3 Å². The molecule has 2 aromatic rings. The molecular weight excluding hydrogens is 288 g/mol. The summed E-state index contributed by atoms with van der Waals surface area (Å²) in [7, 11) is 0. The molecule has 0 aliphatic heterocycles. The molecule has 0 fully saturated rings. The first kappa shape index (κ1) is 13.6. The number of carbonyl (C=O) groups is 3. The van der Waals surface area contributed by atoms with E-state index in [1.165, 1.54) is 12.1 Å². The Morgan fingerprint density at radius 3 is 2.10 bits per heavy atom. The third-order valence-electron chi connectivity index (χ3n) is 3.51. The summed E-state index contributed by atoms with van der Waals surface area (Å²) in [5, 5.41) is 7.96. The van der Waals surface area contributed by atoms with Crippen molar-refractivity contribution in [2.45, 2.75) is 5.25 Å². The minimum absolute atomic E-state index is 0.142. The average molecular weight is 298 g/mol. The molecule has 1 unspecified atom stereocenters. The number of hydrogen-bond donors (Lipinski definition) is 2. The molecule has 1 aliphatic rings. The Morgan fingerprint density at radius 2 is 1.48 bits per heavy atom. The van der Waals surface area contributed by atoms with Gasteiger partial charge in [-0.1, -0.05) is 42.5 Å². The van der Waals surface area contributed by atoms with Crippen molar-refractivity contribution >= 4 is 30.2 Å². The first-order valence-corrected chi connectivity index (χ1v) is 6.76. The third kappa shape index (κ3) is 1.97. The fourth-order valence-corrected chi connectivity index (χ4v) is 2.75. The van der Waals surface area contributed by atoms with Crippen LogP contribution in [0.1, 0.15) is 42.7 Å². The van der Waals surface area contributed by atoms with Crippen LogP contribution in [0, 0.1) is 0 Å². The van der Waals surface area contributed by atoms with Crippen molar-refractivity contribution in [1.82, 2.24) is 0 Å². The number of rotatable bonds is 2. The lowest BCUT2D eigenvalue weighted by Crippen LogP contribution is -2.23. The second-order valence-corrected chi connectivity index (χ2v) is 5.23. The molecule has 0 saturated carbocycles. The number of carbonyl (C=O) groups excluding carboxylic acids is 2. The van der Waals surface area contributed by atoms with Gasteiger partial charge in [-0.05, 0) is 5.56 Å². The Balaban J connectivity index is 2.29. The first-order valence-electron chi connectivity index (χ1n) is 6.24. The van der Waals surface area contributed by atoms with Gasteiger partial charge < -0.3 is 5.11 Å². The SMILES string of the molecule is O=C1c2ccccc2C(=O)c2c1cccc2C(S)C(=O)O. The van der Waals surface area contributed by atoms with Crippen molar-refractivity contribution in [1.29, 1.82) is 0 Å². The summed E-state index contributed by atoms with van der Waals surface area (Å²) < 4.78 is 0. The second kappa shape index (κ2) is 4.86. The first-order chi connectivity index (χ1) is 10.0. The van der Waals surface area contributed by atoms with Gasteiger partial charge in [0.2, 0.25) is 0 Å². The molecular formula is C16H10O4S. The smallest absolute Gasteiger partial charge is 0.320 e. The van der Waals surface area contributed by atoms with Crippen molar-refractivity contribution < 1.29 is 19.5 Å². The van der Waals surface area contributed by atoms with E-state index in [1.54, 1.807) is 30.3 Å². The largest absolute Gasteiger partial charge is 0.480 e. The van der Waals surface area contributed by atoms with E-state index in [2.05, 4.69) is 12.6 Å². The summed E-state index contributed by atoms with van der Waals surface area (Å²) in [5.41, 5.74) is 1.27. The zero-order valence-electron chi connectivity index (χ0n) is 10.7. The second-order valence-electron chi connectivity index (χ2n) is 4.71. The molecule has 5 heteroatoms. The topological polar surface area (TPSA) is 71.4 Å². The number of aliphatic carboxylic acids is 1. The van der Waals surface area contributed by atoms with Gasteiger partial charge in [-0.15, -0.1) is 0 Å². The monoisotopic (exact) mass is 298 g/mol. The maximum Gasteiger partial charge on any atom is 0.320 e. The van der Waals surface area contributed by atoms with Gasteiger partial charge in [0.15, 0.2) is 11.6 Å². The number of hydrogen-bond acceptors (Lipinski definition) is 4. The van der Waals surface area contributed by atoms with E-state index < -0.39 is 11.2 Å². The van der Waals surface area contributed by atoms with Crippen molar-refractivity contribution in [2.24, 2.45) is 0 Å². The van der Waals surface area contributed by atoms with Crippen LogP contribution in [0.25, 0.3) is 0 Å². The molecule has 0 heterocycles. The molecule has 1 atom stereocenters. The van der Waals surface area contributed by atoms with E-state index >= 15 is 0 Å². The van der Waals surface area contributed by atoms with Crippen LogP contribution in [0.15, 0.2) is 42.5 Å². The van der Waals surface area contributed by atoms with E-state index in [1.807, 2.05) is 0 Å². The van der Waals surface area contributed by atoms with Crippen molar-refractivity contribution in [3.63, 3.8) is 0 Å². The lowest BCUT2D eigenvalue weighted by molar-refractivity contribution is -0.136. The fraction of sp³-hybridized carbons (Fsp3) is 0.0625. The van der Waals surface area contributed by atoms with Gasteiger partial charge in [0.05, 0.1) is 0 Å². The predicted octanol–water partition coefficient (Wildman–Crippen LogP) is 2.52. The summed E-state index contributed by atoms with van der Waals surface area (Å²) in [6, 6.07) is 11.2. The van der Waals surface area contributed by atoms with E-state index in [0.717, 1.165) is 0 Å². The Kier molecular flexibility index (Phi) is 3.14. The third-order valence-corrected chi connectivity index (χ3v) is 4.01. The van der Waals surface area contributed by atoms with E-state index in [0.29, 0.717) is 11.1 Å². The molecule has 2 aromatic carbocycles. The molecule has 4 nitrogen and oxygen atoms in total. The molecule has 0 aromatic heterocycles. The van der Waals surface area contributed by atoms with Gasteiger partial charge in [0.1, 0.15) is 5.25 Å². The lowest BCUT2D eigenvalue weighted by Gasteiger charge is -2.21. The Labute approximate surface area is 125 Å². The fourth-order valence-electron chi connectivity index (χ4n) is 2.53. The molecule has 0 radical (unpaired) electrons. The number of carboxylic acid groups (broad SMARTS) is 1. The van der Waals surface area contributed by atoms with Crippen LogP contribution in [-0.4, -0.2) is 22.6 Å². The van der Waals surface area contributed by atoms with Crippen LogP contribution in [0.2, 0.25) is 0 Å². The highest BCUT2D eigenvalue weighted by molar-refractivity contribution is 7.81. The van der Waals surface area contributed by atoms with Crippen LogP contribution in [0.5, 0.6) is 0 Å². The Hall–Kier alpha value is -2.40. The number of carboxylic acids is 1. The maximum absolute atomic E-state index is 12.6. The summed E-state index contributed by atoms with van der Waals surface area (Å²) >= 11 is 4.03. The molecule has 1 aliphatic carbocycles. The minimum Gasteiger partial charge on any atom is -0.480 e. The van der Waals surface area contributed by atoms with Gasteiger partial charge in [-0.2, -0.15) is 12.6 Å². The van der Waals surface area contributed by atoms with Gasteiger partial charge >= 0.3 is 5.97 Å². The van der Waals surface area contributed by atoms with E-state index in [9.17, 15) is 14.4 Å². The number of thiol groups is 1. The lowest BCUT2D eigenvalue weighted by atomic mass is 9.81. The molecule has 0 saturated heterocycles. The molecule has 104 valence electrons. The predicted molar refractivity (Wildman–Crippen MR) is 79.1 cm³/mol. The van der Waals surface area contributed by atoms with Crippen molar-refractivity contribution in [3.05, 3.63) is 70.3 Å². The standard InChI is InChI=1S/C16H10O4S/c17-13-8-4-1-2-5-9(8)14(18)12-10(13)6-3-7-11(12)15(21)16(19)20/h1-7,15,21H,(H,19,20). The summed E-state index contributed by atoms with van der Waals surface area (Å²) in [6.07, 6.45) is 0. The molecule has 0 bridgehead atoms. The minimum atomic E-state index is -1.16. The van der Waals surface area contributed by atoms with Crippen LogP contribution in [-0.2, 0) is 4.79 Å². The number of benzene rings is 2. The summed E-state index contributed by atoms with van der Waals surface area (Å²) in [5.74, 6) is -1.77. The van der Waals surface area contributed by atoms with Crippen LogP contribution < -0.4 is 0 Å². The van der Waals surface area contributed by atoms with Crippen LogP contribution in [0.4, 0.5) is 0 Å².